The van der Waals surface area contributed by atoms with Crippen LogP contribution in [0.4, 0.5) is 5.69 Å². The maximum absolute atomic E-state index is 13.7. The number of thiophene rings is 1. The average molecular weight is 404 g/mol. The van der Waals surface area contributed by atoms with Gasteiger partial charge in [0.1, 0.15) is 4.88 Å². The van der Waals surface area contributed by atoms with Gasteiger partial charge in [-0.05, 0) is 76.7 Å². The van der Waals surface area contributed by atoms with Gasteiger partial charge in [-0.2, -0.15) is 0 Å². The third kappa shape index (κ3) is 4.68. The summed E-state index contributed by atoms with van der Waals surface area (Å²) in [6.07, 6.45) is 11.2. The number of aryl methyl sites for hydroxylation is 1. The Labute approximate surface area is 172 Å². The van der Waals surface area contributed by atoms with Crippen molar-refractivity contribution >= 4 is 28.9 Å². The van der Waals surface area contributed by atoms with E-state index in [1.807, 2.05) is 17.9 Å². The van der Waals surface area contributed by atoms with Gasteiger partial charge in [-0.1, -0.05) is 25.5 Å². The number of carboxylic acids is 1. The van der Waals surface area contributed by atoms with Gasteiger partial charge in [0.2, 0.25) is 5.91 Å². The van der Waals surface area contributed by atoms with Crippen molar-refractivity contribution in [2.45, 2.75) is 84.6 Å². The van der Waals surface area contributed by atoms with Gasteiger partial charge in [-0.25, -0.2) is 4.79 Å². The van der Waals surface area contributed by atoms with Crippen LogP contribution in [-0.4, -0.2) is 23.0 Å². The average Bonchev–Trinajstić information content (AvgIpc) is 2.90. The lowest BCUT2D eigenvalue weighted by Gasteiger charge is -2.36. The molecule has 2 aliphatic rings. The van der Waals surface area contributed by atoms with Crippen molar-refractivity contribution in [3.8, 4) is 0 Å². The summed E-state index contributed by atoms with van der Waals surface area (Å²) < 4.78 is 0. The van der Waals surface area contributed by atoms with Crippen LogP contribution < -0.4 is 4.90 Å². The van der Waals surface area contributed by atoms with Crippen molar-refractivity contribution < 1.29 is 14.7 Å². The zero-order valence-electron chi connectivity index (χ0n) is 17.4. The summed E-state index contributed by atoms with van der Waals surface area (Å²) in [5.74, 6) is -0.0732. The Morgan fingerprint density at radius 3 is 2.57 bits per heavy atom. The van der Waals surface area contributed by atoms with E-state index in [9.17, 15) is 14.7 Å². The Balaban J connectivity index is 1.97. The molecule has 1 aromatic heterocycles. The number of anilines is 1. The molecular formula is C23H33NO3S. The second-order valence-corrected chi connectivity index (χ2v) is 9.80. The van der Waals surface area contributed by atoms with E-state index in [4.69, 9.17) is 0 Å². The van der Waals surface area contributed by atoms with Gasteiger partial charge < -0.3 is 10.0 Å². The number of carbonyl (C=O) groups excluding carboxylic acids is 1. The molecule has 1 saturated carbocycles. The Kier molecular flexibility index (Phi) is 6.97. The van der Waals surface area contributed by atoms with Crippen LogP contribution >= 0.6 is 11.3 Å². The lowest BCUT2D eigenvalue weighted by atomic mass is 9.82. The molecule has 0 bridgehead atoms. The Hall–Kier alpha value is -1.62. The zero-order chi connectivity index (χ0) is 20.3. The number of aromatic carboxylic acids is 1. The van der Waals surface area contributed by atoms with Crippen LogP contribution in [0.5, 0.6) is 0 Å². The number of rotatable bonds is 5. The maximum Gasteiger partial charge on any atom is 0.348 e. The smallest absolute Gasteiger partial charge is 0.348 e. The highest BCUT2D eigenvalue weighted by Gasteiger charge is 2.36. The van der Waals surface area contributed by atoms with E-state index in [0.29, 0.717) is 16.5 Å². The van der Waals surface area contributed by atoms with Crippen molar-refractivity contribution in [2.24, 2.45) is 11.8 Å². The second-order valence-electron chi connectivity index (χ2n) is 8.55. The van der Waals surface area contributed by atoms with Gasteiger partial charge in [0.15, 0.2) is 0 Å². The van der Waals surface area contributed by atoms with E-state index in [1.54, 1.807) is 0 Å². The van der Waals surface area contributed by atoms with Gasteiger partial charge in [0.05, 0.1) is 5.69 Å². The number of hydrogen-bond acceptors (Lipinski definition) is 3. The van der Waals surface area contributed by atoms with Crippen molar-refractivity contribution in [3.05, 3.63) is 27.5 Å². The topological polar surface area (TPSA) is 57.6 Å². The van der Waals surface area contributed by atoms with Crippen LogP contribution in [0.1, 0.15) is 86.2 Å². The highest BCUT2D eigenvalue weighted by Crippen LogP contribution is 2.38. The van der Waals surface area contributed by atoms with Crippen molar-refractivity contribution in [2.75, 3.05) is 4.90 Å². The Morgan fingerprint density at radius 1 is 1.21 bits per heavy atom. The molecule has 154 valence electrons. The van der Waals surface area contributed by atoms with Crippen LogP contribution in [0.2, 0.25) is 0 Å². The molecule has 0 saturated heterocycles. The highest BCUT2D eigenvalue weighted by molar-refractivity contribution is 7.14. The van der Waals surface area contributed by atoms with Crippen LogP contribution in [-0.2, 0) is 4.79 Å². The molecule has 5 heteroatoms. The third-order valence-corrected chi connectivity index (χ3v) is 7.41. The summed E-state index contributed by atoms with van der Waals surface area (Å²) in [6, 6.07) is 1.98. The van der Waals surface area contributed by atoms with Gasteiger partial charge in [0, 0.05) is 16.8 Å². The molecule has 0 aromatic carbocycles. The minimum Gasteiger partial charge on any atom is -0.477 e. The van der Waals surface area contributed by atoms with Gasteiger partial charge >= 0.3 is 5.97 Å². The normalized spacial score (nSPS) is 25.7. The molecule has 0 radical (unpaired) electrons. The number of allylic oxidation sites excluding steroid dienone is 1. The molecule has 2 aliphatic carbocycles. The lowest BCUT2D eigenvalue weighted by Crippen LogP contribution is -2.45. The van der Waals surface area contributed by atoms with Crippen LogP contribution in [0, 0.1) is 18.8 Å². The van der Waals surface area contributed by atoms with E-state index in [-0.39, 0.29) is 17.9 Å². The molecule has 0 aliphatic heterocycles. The summed E-state index contributed by atoms with van der Waals surface area (Å²) in [6.45, 7) is 6.35. The first-order valence-corrected chi connectivity index (χ1v) is 11.6. The molecule has 28 heavy (non-hydrogen) atoms. The first kappa shape index (κ1) is 21.1. The van der Waals surface area contributed by atoms with Crippen molar-refractivity contribution in [3.63, 3.8) is 0 Å². The van der Waals surface area contributed by atoms with Crippen LogP contribution in [0.25, 0.3) is 0 Å². The largest absolute Gasteiger partial charge is 0.477 e. The predicted molar refractivity (Wildman–Crippen MR) is 115 cm³/mol. The standard InChI is InChI=1S/C23H33NO3S/c1-4-17-7-5-6-8-19(14-17)24(20-13-16(3)28-21(20)23(26)27)22(25)18-11-9-15(2)10-12-18/h7,13,15,18-19H,4-6,8-12,14H2,1-3H3,(H,26,27). The zero-order valence-corrected chi connectivity index (χ0v) is 18.2. The first-order valence-electron chi connectivity index (χ1n) is 10.7. The molecule has 1 atom stereocenters. The van der Waals surface area contributed by atoms with Gasteiger partial charge in [-0.15, -0.1) is 11.3 Å². The summed E-state index contributed by atoms with van der Waals surface area (Å²) in [7, 11) is 0. The van der Waals surface area contributed by atoms with E-state index in [0.717, 1.165) is 62.7 Å². The fraction of sp³-hybridized carbons (Fsp3) is 0.652. The number of carbonyl (C=O) groups is 2. The van der Waals surface area contributed by atoms with E-state index >= 15 is 0 Å². The fourth-order valence-corrected chi connectivity index (χ4v) is 5.53. The molecule has 1 fully saturated rings. The molecule has 1 aromatic rings. The quantitative estimate of drug-likeness (QED) is 0.596. The minimum absolute atomic E-state index is 0.0235. The SMILES string of the molecule is CCC1=CCCCC(N(C(=O)C2CCC(C)CC2)c2cc(C)sc2C(=O)O)C1. The molecular weight excluding hydrogens is 370 g/mol. The Bertz CT molecular complexity index is 743. The van der Waals surface area contributed by atoms with Crippen molar-refractivity contribution in [1.29, 1.82) is 0 Å². The summed E-state index contributed by atoms with van der Waals surface area (Å²) in [5.41, 5.74) is 2.02. The van der Waals surface area contributed by atoms with E-state index < -0.39 is 5.97 Å². The third-order valence-electron chi connectivity index (χ3n) is 6.38. The molecule has 3 rings (SSSR count). The second kappa shape index (κ2) is 9.25. The summed E-state index contributed by atoms with van der Waals surface area (Å²) in [5, 5.41) is 9.77. The lowest BCUT2D eigenvalue weighted by molar-refractivity contribution is -0.124. The van der Waals surface area contributed by atoms with Crippen LogP contribution in [0.3, 0.4) is 0 Å². The van der Waals surface area contributed by atoms with Gasteiger partial charge in [-0.3, -0.25) is 4.79 Å². The highest BCUT2D eigenvalue weighted by atomic mass is 32.1. The minimum atomic E-state index is -0.928. The maximum atomic E-state index is 13.7. The molecule has 1 N–H and O–H groups in total. The van der Waals surface area contributed by atoms with Gasteiger partial charge in [0.25, 0.3) is 0 Å². The fourth-order valence-electron chi connectivity index (χ4n) is 4.69. The molecule has 1 unspecified atom stereocenters. The predicted octanol–water partition coefficient (Wildman–Crippen LogP) is 6.19. The van der Waals surface area contributed by atoms with Crippen molar-refractivity contribution in [1.82, 2.24) is 0 Å². The molecule has 1 amide bonds. The number of carboxylic acid groups (broad SMARTS) is 1. The Morgan fingerprint density at radius 2 is 1.93 bits per heavy atom. The number of nitrogens with zero attached hydrogens (tertiary/aromatic N) is 1. The summed E-state index contributed by atoms with van der Waals surface area (Å²) in [4.78, 5) is 28.8. The summed E-state index contributed by atoms with van der Waals surface area (Å²) >= 11 is 1.28. The molecule has 4 nitrogen and oxygen atoms in total. The number of hydrogen-bond donors (Lipinski definition) is 1. The first-order chi connectivity index (χ1) is 13.4. The molecule has 0 spiro atoms. The monoisotopic (exact) mass is 403 g/mol. The van der Waals surface area contributed by atoms with E-state index in [2.05, 4.69) is 19.9 Å². The number of amides is 1. The molecule has 1 heterocycles. The van der Waals surface area contributed by atoms with E-state index in [1.165, 1.54) is 16.9 Å². The van der Waals surface area contributed by atoms with Crippen LogP contribution in [0.15, 0.2) is 17.7 Å².